The van der Waals surface area contributed by atoms with Gasteiger partial charge in [0.25, 0.3) is 11.8 Å². The summed E-state index contributed by atoms with van der Waals surface area (Å²) < 4.78 is 0. The minimum Gasteiger partial charge on any atom is -0.277 e. The van der Waals surface area contributed by atoms with Crippen molar-refractivity contribution in [1.82, 2.24) is 26.0 Å². The molecule has 0 bridgehead atoms. The van der Waals surface area contributed by atoms with E-state index in [-0.39, 0.29) is 0 Å². The third kappa shape index (κ3) is 4.10. The van der Waals surface area contributed by atoms with E-state index in [2.05, 4.69) is 26.0 Å². The molecule has 2 amide bonds. The fourth-order valence-electron chi connectivity index (χ4n) is 2.84. The molecule has 2 heterocycles. The van der Waals surface area contributed by atoms with Crippen LogP contribution in [0, 0.1) is 6.92 Å². The first kappa shape index (κ1) is 19.8. The standard InChI is InChI=1S/C21H16ClN5O2S/c1-12-18(30-21(24-12)14-5-3-2-4-6-14)20(29)27-26-19(28)16-11-23-25-17(16)13-7-9-15(22)10-8-13/h2-11H,1H3,(H,23,25)(H,26,28)(H,27,29). The Bertz CT molecular complexity index is 1200. The highest BCUT2D eigenvalue weighted by Crippen LogP contribution is 2.27. The smallest absolute Gasteiger partial charge is 0.277 e. The molecule has 0 saturated heterocycles. The molecule has 2 aromatic heterocycles. The van der Waals surface area contributed by atoms with Crippen LogP contribution < -0.4 is 10.9 Å². The highest BCUT2D eigenvalue weighted by molar-refractivity contribution is 7.17. The zero-order valence-corrected chi connectivity index (χ0v) is 17.3. The topological polar surface area (TPSA) is 99.8 Å². The van der Waals surface area contributed by atoms with Gasteiger partial charge in [-0.2, -0.15) is 5.10 Å². The van der Waals surface area contributed by atoms with Crippen molar-refractivity contribution >= 4 is 34.8 Å². The molecule has 0 radical (unpaired) electrons. The largest absolute Gasteiger partial charge is 0.281 e. The van der Waals surface area contributed by atoms with Gasteiger partial charge in [0.1, 0.15) is 9.88 Å². The number of nitrogens with zero attached hydrogens (tertiary/aromatic N) is 2. The summed E-state index contributed by atoms with van der Waals surface area (Å²) in [4.78, 5) is 30.1. The van der Waals surface area contributed by atoms with Crippen LogP contribution in [-0.4, -0.2) is 27.0 Å². The molecular formula is C21H16ClN5O2S. The molecule has 4 rings (SSSR count). The maximum absolute atomic E-state index is 12.6. The normalized spacial score (nSPS) is 10.6. The average molecular weight is 438 g/mol. The number of benzene rings is 2. The summed E-state index contributed by atoms with van der Waals surface area (Å²) in [5.74, 6) is -0.926. The van der Waals surface area contributed by atoms with Gasteiger partial charge < -0.3 is 0 Å². The van der Waals surface area contributed by atoms with Crippen molar-refractivity contribution in [2.75, 3.05) is 0 Å². The quantitative estimate of drug-likeness (QED) is 0.416. The van der Waals surface area contributed by atoms with Gasteiger partial charge in [-0.3, -0.25) is 25.5 Å². The summed E-state index contributed by atoms with van der Waals surface area (Å²) in [5, 5.41) is 8.07. The maximum Gasteiger partial charge on any atom is 0.281 e. The van der Waals surface area contributed by atoms with Crippen molar-refractivity contribution in [2.45, 2.75) is 6.92 Å². The monoisotopic (exact) mass is 437 g/mol. The highest BCUT2D eigenvalue weighted by Gasteiger charge is 2.19. The molecule has 7 nitrogen and oxygen atoms in total. The number of aromatic amines is 1. The lowest BCUT2D eigenvalue weighted by Gasteiger charge is -2.07. The van der Waals surface area contributed by atoms with Gasteiger partial charge in [-0.25, -0.2) is 4.98 Å². The number of carbonyl (C=O) groups is 2. The summed E-state index contributed by atoms with van der Waals surface area (Å²) in [6, 6.07) is 16.6. The van der Waals surface area contributed by atoms with Gasteiger partial charge >= 0.3 is 0 Å². The average Bonchev–Trinajstić information content (AvgIpc) is 3.40. The van der Waals surface area contributed by atoms with Crippen LogP contribution >= 0.6 is 22.9 Å². The second-order valence-corrected chi connectivity index (χ2v) is 7.81. The highest BCUT2D eigenvalue weighted by atomic mass is 35.5. The Morgan fingerprint density at radius 2 is 1.67 bits per heavy atom. The Balaban J connectivity index is 1.46. The van der Waals surface area contributed by atoms with Gasteiger partial charge in [0.2, 0.25) is 0 Å². The van der Waals surface area contributed by atoms with Gasteiger partial charge in [-0.1, -0.05) is 54.1 Å². The number of rotatable bonds is 4. The lowest BCUT2D eigenvalue weighted by atomic mass is 10.1. The van der Waals surface area contributed by atoms with Crippen molar-refractivity contribution in [1.29, 1.82) is 0 Å². The van der Waals surface area contributed by atoms with Gasteiger partial charge in [-0.15, -0.1) is 11.3 Å². The number of aromatic nitrogens is 3. The van der Waals surface area contributed by atoms with Crippen molar-refractivity contribution in [3.8, 4) is 21.8 Å². The first-order valence-electron chi connectivity index (χ1n) is 8.96. The number of aryl methyl sites for hydroxylation is 1. The summed E-state index contributed by atoms with van der Waals surface area (Å²) in [6.07, 6.45) is 1.40. The van der Waals surface area contributed by atoms with Crippen molar-refractivity contribution in [2.24, 2.45) is 0 Å². The molecule has 2 aromatic carbocycles. The van der Waals surface area contributed by atoms with Crippen LogP contribution in [0.5, 0.6) is 0 Å². The van der Waals surface area contributed by atoms with E-state index in [0.29, 0.717) is 26.9 Å². The van der Waals surface area contributed by atoms with Crippen LogP contribution in [0.15, 0.2) is 60.8 Å². The van der Waals surface area contributed by atoms with Gasteiger partial charge in [-0.05, 0) is 19.1 Å². The number of halogens is 1. The maximum atomic E-state index is 12.6. The summed E-state index contributed by atoms with van der Waals surface area (Å²) in [6.45, 7) is 1.76. The van der Waals surface area contributed by atoms with Crippen LogP contribution in [0.4, 0.5) is 0 Å². The third-order valence-electron chi connectivity index (χ3n) is 4.33. The number of hydrazine groups is 1. The molecule has 150 valence electrons. The molecule has 0 aliphatic carbocycles. The Labute approximate surface area is 181 Å². The molecule has 9 heteroatoms. The minimum absolute atomic E-state index is 0.295. The number of nitrogens with one attached hydrogen (secondary N) is 3. The molecule has 0 aliphatic heterocycles. The number of hydrogen-bond donors (Lipinski definition) is 3. The number of amides is 2. The first-order chi connectivity index (χ1) is 14.5. The molecule has 0 unspecified atom stereocenters. The van der Waals surface area contributed by atoms with Gasteiger partial charge in [0, 0.05) is 16.1 Å². The molecule has 3 N–H and O–H groups in total. The van der Waals surface area contributed by atoms with E-state index in [4.69, 9.17) is 11.6 Å². The van der Waals surface area contributed by atoms with E-state index in [1.807, 2.05) is 30.3 Å². The van der Waals surface area contributed by atoms with E-state index >= 15 is 0 Å². The number of carbonyl (C=O) groups excluding carboxylic acids is 2. The lowest BCUT2D eigenvalue weighted by Crippen LogP contribution is -2.41. The second-order valence-electron chi connectivity index (χ2n) is 6.37. The zero-order chi connectivity index (χ0) is 21.1. The Morgan fingerprint density at radius 1 is 0.967 bits per heavy atom. The van der Waals surface area contributed by atoms with E-state index in [0.717, 1.165) is 16.1 Å². The van der Waals surface area contributed by atoms with Gasteiger partial charge in [0.15, 0.2) is 0 Å². The summed E-state index contributed by atoms with van der Waals surface area (Å²) >= 11 is 7.18. The van der Waals surface area contributed by atoms with E-state index < -0.39 is 11.8 Å². The SMILES string of the molecule is Cc1nc(-c2ccccc2)sc1C(=O)NNC(=O)c1cn[nH]c1-c1ccc(Cl)cc1. The number of thiazole rings is 1. The van der Waals surface area contributed by atoms with Crippen molar-refractivity contribution < 1.29 is 9.59 Å². The third-order valence-corrected chi connectivity index (χ3v) is 5.79. The number of H-pyrrole nitrogens is 1. The molecular weight excluding hydrogens is 422 g/mol. The molecule has 30 heavy (non-hydrogen) atoms. The molecule has 0 atom stereocenters. The van der Waals surface area contributed by atoms with Crippen molar-refractivity contribution in [3.05, 3.63) is 82.0 Å². The molecule has 4 aromatic rings. The van der Waals surface area contributed by atoms with Crippen molar-refractivity contribution in [3.63, 3.8) is 0 Å². The number of hydrogen-bond acceptors (Lipinski definition) is 5. The zero-order valence-electron chi connectivity index (χ0n) is 15.8. The first-order valence-corrected chi connectivity index (χ1v) is 10.1. The fourth-order valence-corrected chi connectivity index (χ4v) is 3.94. The van der Waals surface area contributed by atoms with Crippen LogP contribution in [0.1, 0.15) is 25.7 Å². The molecule has 0 saturated carbocycles. The predicted octanol–water partition coefficient (Wildman–Crippen LogP) is 4.24. The second kappa shape index (κ2) is 8.48. The van der Waals surface area contributed by atoms with Crippen LogP contribution in [-0.2, 0) is 0 Å². The molecule has 0 spiro atoms. The predicted molar refractivity (Wildman–Crippen MR) is 116 cm³/mol. The van der Waals surface area contributed by atoms with E-state index in [1.165, 1.54) is 17.5 Å². The van der Waals surface area contributed by atoms with Crippen LogP contribution in [0.2, 0.25) is 5.02 Å². The molecule has 0 aliphatic rings. The fraction of sp³-hybridized carbons (Fsp3) is 0.0476. The summed E-state index contributed by atoms with van der Waals surface area (Å²) in [7, 11) is 0. The lowest BCUT2D eigenvalue weighted by molar-refractivity contribution is 0.0848. The Morgan fingerprint density at radius 3 is 2.40 bits per heavy atom. The Hall–Kier alpha value is -3.49. The summed E-state index contributed by atoms with van der Waals surface area (Å²) in [5.41, 5.74) is 7.98. The van der Waals surface area contributed by atoms with Crippen LogP contribution in [0.3, 0.4) is 0 Å². The van der Waals surface area contributed by atoms with E-state index in [1.54, 1.807) is 31.2 Å². The Kier molecular flexibility index (Phi) is 5.60. The minimum atomic E-state index is -0.493. The van der Waals surface area contributed by atoms with Crippen LogP contribution in [0.25, 0.3) is 21.8 Å². The molecule has 0 fully saturated rings. The van der Waals surface area contributed by atoms with Gasteiger partial charge in [0.05, 0.1) is 23.1 Å². The van der Waals surface area contributed by atoms with E-state index in [9.17, 15) is 9.59 Å².